The molecule has 0 rings (SSSR count). The second-order valence-corrected chi connectivity index (χ2v) is 3.22. The van der Waals surface area contributed by atoms with Gasteiger partial charge in [-0.25, -0.2) is 0 Å². The summed E-state index contributed by atoms with van der Waals surface area (Å²) in [7, 11) is 3.14. The SMILES string of the molecule is COCC(CNCC(O)CC(=O)O)OC. The van der Waals surface area contributed by atoms with E-state index in [1.54, 1.807) is 14.2 Å². The Morgan fingerprint density at radius 3 is 2.53 bits per heavy atom. The van der Waals surface area contributed by atoms with Crippen LogP contribution < -0.4 is 5.32 Å². The van der Waals surface area contributed by atoms with Crippen molar-refractivity contribution in [2.75, 3.05) is 33.9 Å². The van der Waals surface area contributed by atoms with Gasteiger partial charge in [-0.3, -0.25) is 4.79 Å². The van der Waals surface area contributed by atoms with Gasteiger partial charge in [0.05, 0.1) is 25.2 Å². The van der Waals surface area contributed by atoms with E-state index in [9.17, 15) is 9.90 Å². The van der Waals surface area contributed by atoms with Crippen molar-refractivity contribution < 1.29 is 24.5 Å². The van der Waals surface area contributed by atoms with Crippen molar-refractivity contribution >= 4 is 5.97 Å². The second kappa shape index (κ2) is 8.60. The standard InChI is InChI=1S/C9H19NO5/c1-14-6-8(15-2)5-10-4-7(11)3-9(12)13/h7-8,10-11H,3-6H2,1-2H3,(H,12,13). The van der Waals surface area contributed by atoms with Crippen molar-refractivity contribution in [2.45, 2.75) is 18.6 Å². The average molecular weight is 221 g/mol. The molecule has 0 aromatic rings. The van der Waals surface area contributed by atoms with Crippen LogP contribution in [0.4, 0.5) is 0 Å². The molecule has 6 heteroatoms. The Balaban J connectivity index is 3.53. The maximum absolute atomic E-state index is 10.2. The minimum Gasteiger partial charge on any atom is -0.481 e. The van der Waals surface area contributed by atoms with E-state index in [0.717, 1.165) is 0 Å². The fourth-order valence-electron chi connectivity index (χ4n) is 1.08. The van der Waals surface area contributed by atoms with E-state index in [1.165, 1.54) is 0 Å². The zero-order valence-electron chi connectivity index (χ0n) is 9.10. The molecule has 0 aliphatic rings. The zero-order valence-corrected chi connectivity index (χ0v) is 9.10. The van der Waals surface area contributed by atoms with E-state index in [2.05, 4.69) is 5.32 Å². The van der Waals surface area contributed by atoms with Gasteiger partial charge in [0, 0.05) is 27.3 Å². The highest BCUT2D eigenvalue weighted by molar-refractivity contribution is 5.67. The van der Waals surface area contributed by atoms with Gasteiger partial charge in [-0.15, -0.1) is 0 Å². The summed E-state index contributed by atoms with van der Waals surface area (Å²) in [4.78, 5) is 10.2. The quantitative estimate of drug-likeness (QED) is 0.466. The van der Waals surface area contributed by atoms with Crippen molar-refractivity contribution in [3.8, 4) is 0 Å². The maximum Gasteiger partial charge on any atom is 0.306 e. The zero-order chi connectivity index (χ0) is 11.7. The molecule has 0 heterocycles. The number of aliphatic carboxylic acids is 1. The van der Waals surface area contributed by atoms with Gasteiger partial charge in [0.15, 0.2) is 0 Å². The lowest BCUT2D eigenvalue weighted by molar-refractivity contribution is -0.139. The number of hydrogen-bond donors (Lipinski definition) is 3. The van der Waals surface area contributed by atoms with E-state index >= 15 is 0 Å². The van der Waals surface area contributed by atoms with E-state index in [4.69, 9.17) is 14.6 Å². The van der Waals surface area contributed by atoms with Gasteiger partial charge in [0.25, 0.3) is 0 Å². The van der Waals surface area contributed by atoms with Crippen LogP contribution in [0.25, 0.3) is 0 Å². The first-order valence-corrected chi connectivity index (χ1v) is 4.72. The minimum atomic E-state index is -1.01. The summed E-state index contributed by atoms with van der Waals surface area (Å²) in [5.41, 5.74) is 0. The predicted molar refractivity (Wildman–Crippen MR) is 53.8 cm³/mol. The van der Waals surface area contributed by atoms with Crippen LogP contribution in [0.5, 0.6) is 0 Å². The van der Waals surface area contributed by atoms with Crippen molar-refractivity contribution in [3.63, 3.8) is 0 Å². The summed E-state index contributed by atoms with van der Waals surface area (Å²) >= 11 is 0. The van der Waals surface area contributed by atoms with E-state index in [0.29, 0.717) is 13.2 Å². The van der Waals surface area contributed by atoms with Gasteiger partial charge in [-0.1, -0.05) is 0 Å². The number of carbonyl (C=O) groups is 1. The Bertz CT molecular complexity index is 176. The topological polar surface area (TPSA) is 88.0 Å². The van der Waals surface area contributed by atoms with Crippen molar-refractivity contribution in [2.24, 2.45) is 0 Å². The van der Waals surface area contributed by atoms with E-state index in [1.807, 2.05) is 0 Å². The van der Waals surface area contributed by atoms with Gasteiger partial charge >= 0.3 is 5.97 Å². The molecule has 3 N–H and O–H groups in total. The molecular formula is C9H19NO5. The summed E-state index contributed by atoms with van der Waals surface area (Å²) in [6.45, 7) is 1.20. The van der Waals surface area contributed by atoms with Gasteiger partial charge in [0.2, 0.25) is 0 Å². The first-order chi connectivity index (χ1) is 7.10. The van der Waals surface area contributed by atoms with Gasteiger partial charge in [-0.05, 0) is 0 Å². The van der Waals surface area contributed by atoms with Crippen molar-refractivity contribution in [1.29, 1.82) is 0 Å². The molecule has 6 nitrogen and oxygen atoms in total. The molecule has 0 amide bonds. The Hall–Kier alpha value is -0.690. The van der Waals surface area contributed by atoms with Crippen LogP contribution >= 0.6 is 0 Å². The number of methoxy groups -OCH3 is 2. The number of aliphatic hydroxyl groups is 1. The Morgan fingerprint density at radius 2 is 2.07 bits per heavy atom. The summed E-state index contributed by atoms with van der Waals surface area (Å²) in [5, 5.41) is 20.5. The van der Waals surface area contributed by atoms with Crippen molar-refractivity contribution in [1.82, 2.24) is 5.32 Å². The molecule has 0 aromatic heterocycles. The second-order valence-electron chi connectivity index (χ2n) is 3.22. The molecule has 0 spiro atoms. The third-order valence-electron chi connectivity index (χ3n) is 1.85. The molecule has 2 atom stereocenters. The summed E-state index contributed by atoms with van der Waals surface area (Å²) in [6, 6.07) is 0. The first-order valence-electron chi connectivity index (χ1n) is 4.72. The predicted octanol–water partition coefficient (Wildman–Crippen LogP) is -0.927. The third kappa shape index (κ3) is 8.31. The number of ether oxygens (including phenoxy) is 2. The molecule has 90 valence electrons. The number of aliphatic hydroxyl groups excluding tert-OH is 1. The van der Waals surface area contributed by atoms with Gasteiger partial charge in [0.1, 0.15) is 0 Å². The van der Waals surface area contributed by atoms with Crippen molar-refractivity contribution in [3.05, 3.63) is 0 Å². The highest BCUT2D eigenvalue weighted by Gasteiger charge is 2.11. The van der Waals surface area contributed by atoms with E-state index < -0.39 is 12.1 Å². The molecule has 0 aliphatic heterocycles. The molecular weight excluding hydrogens is 202 g/mol. The van der Waals surface area contributed by atoms with Crippen LogP contribution in [-0.2, 0) is 14.3 Å². The molecule has 0 aliphatic carbocycles. The van der Waals surface area contributed by atoms with Crippen LogP contribution in [-0.4, -0.2) is 62.3 Å². The molecule has 15 heavy (non-hydrogen) atoms. The molecule has 2 unspecified atom stereocenters. The first kappa shape index (κ1) is 14.3. The van der Waals surface area contributed by atoms with Crippen LogP contribution in [0.15, 0.2) is 0 Å². The van der Waals surface area contributed by atoms with E-state index in [-0.39, 0.29) is 19.1 Å². The highest BCUT2D eigenvalue weighted by atomic mass is 16.5. The van der Waals surface area contributed by atoms with Crippen LogP contribution in [0, 0.1) is 0 Å². The maximum atomic E-state index is 10.2. The number of carboxylic acids is 1. The summed E-state index contributed by atoms with van der Waals surface area (Å²) < 4.78 is 9.96. The molecule has 0 bridgehead atoms. The average Bonchev–Trinajstić information content (AvgIpc) is 2.15. The Labute approximate surface area is 89.2 Å². The molecule has 0 saturated heterocycles. The summed E-state index contributed by atoms with van der Waals surface area (Å²) in [5.74, 6) is -1.01. The molecule has 0 aromatic carbocycles. The van der Waals surface area contributed by atoms with Crippen LogP contribution in [0.2, 0.25) is 0 Å². The number of rotatable bonds is 9. The molecule has 0 fully saturated rings. The lowest BCUT2D eigenvalue weighted by Gasteiger charge is -2.16. The largest absolute Gasteiger partial charge is 0.481 e. The molecule has 0 radical (unpaired) electrons. The smallest absolute Gasteiger partial charge is 0.306 e. The lowest BCUT2D eigenvalue weighted by Crippen LogP contribution is -2.36. The molecule has 0 saturated carbocycles. The minimum absolute atomic E-state index is 0.0907. The Morgan fingerprint density at radius 1 is 1.40 bits per heavy atom. The number of hydrogen-bond acceptors (Lipinski definition) is 5. The Kier molecular flexibility index (Phi) is 8.21. The number of nitrogens with one attached hydrogen (secondary N) is 1. The fourth-order valence-corrected chi connectivity index (χ4v) is 1.08. The van der Waals surface area contributed by atoms with Gasteiger partial charge in [-0.2, -0.15) is 0 Å². The monoisotopic (exact) mass is 221 g/mol. The number of carboxylic acid groups (broad SMARTS) is 1. The highest BCUT2D eigenvalue weighted by Crippen LogP contribution is 1.92. The van der Waals surface area contributed by atoms with Gasteiger partial charge < -0.3 is 25.0 Å². The van der Waals surface area contributed by atoms with Crippen LogP contribution in [0.3, 0.4) is 0 Å². The van der Waals surface area contributed by atoms with Crippen LogP contribution in [0.1, 0.15) is 6.42 Å². The summed E-state index contributed by atoms with van der Waals surface area (Å²) in [6.07, 6.45) is -1.22. The normalized spacial score (nSPS) is 14.9. The third-order valence-corrected chi connectivity index (χ3v) is 1.85. The fraction of sp³-hybridized carbons (Fsp3) is 0.889. The lowest BCUT2D eigenvalue weighted by atomic mass is 10.2.